The molecular formula is C9H16ClN3. The fourth-order valence-electron chi connectivity index (χ4n) is 1.32. The zero-order chi connectivity index (χ0) is 9.84. The number of rotatable bonds is 4. The topological polar surface area (TPSA) is 30.7 Å². The van der Waals surface area contributed by atoms with Crippen LogP contribution in [-0.2, 0) is 5.88 Å². The van der Waals surface area contributed by atoms with Crippen molar-refractivity contribution in [1.29, 1.82) is 0 Å². The lowest BCUT2D eigenvalue weighted by atomic mass is 10.0. The molecule has 0 aromatic carbocycles. The Morgan fingerprint density at radius 2 is 2.23 bits per heavy atom. The van der Waals surface area contributed by atoms with Crippen LogP contribution in [0.15, 0.2) is 6.33 Å². The Morgan fingerprint density at radius 1 is 1.54 bits per heavy atom. The smallest absolute Gasteiger partial charge is 0.148 e. The first kappa shape index (κ1) is 10.5. The molecule has 3 nitrogen and oxygen atoms in total. The summed E-state index contributed by atoms with van der Waals surface area (Å²) >= 11 is 5.74. The minimum absolute atomic E-state index is 0.425. The van der Waals surface area contributed by atoms with Crippen molar-refractivity contribution in [3.63, 3.8) is 0 Å². The third kappa shape index (κ3) is 2.21. The SMILES string of the molecule is CCC(C)C(C)n1cnnc1CCl. The van der Waals surface area contributed by atoms with Crippen molar-refractivity contribution in [3.05, 3.63) is 12.2 Å². The minimum atomic E-state index is 0.425. The zero-order valence-electron chi connectivity index (χ0n) is 8.37. The molecule has 0 bridgehead atoms. The molecule has 0 amide bonds. The Morgan fingerprint density at radius 3 is 2.77 bits per heavy atom. The Labute approximate surface area is 84.1 Å². The molecular weight excluding hydrogens is 186 g/mol. The van der Waals surface area contributed by atoms with Crippen molar-refractivity contribution >= 4 is 11.6 Å². The Balaban J connectivity index is 2.81. The van der Waals surface area contributed by atoms with Crippen molar-refractivity contribution in [2.45, 2.75) is 39.1 Å². The average Bonchev–Trinajstić information content (AvgIpc) is 2.62. The molecule has 0 fully saturated rings. The summed E-state index contributed by atoms with van der Waals surface area (Å²) in [5.74, 6) is 1.91. The maximum absolute atomic E-state index is 5.74. The average molecular weight is 202 g/mol. The highest BCUT2D eigenvalue weighted by Gasteiger charge is 2.15. The Kier molecular flexibility index (Phi) is 3.72. The van der Waals surface area contributed by atoms with E-state index in [2.05, 4.69) is 35.5 Å². The molecule has 0 radical (unpaired) electrons. The van der Waals surface area contributed by atoms with E-state index in [1.165, 1.54) is 0 Å². The summed E-state index contributed by atoms with van der Waals surface area (Å²) in [5.41, 5.74) is 0. The Bertz CT molecular complexity index is 259. The molecule has 0 saturated carbocycles. The monoisotopic (exact) mass is 201 g/mol. The fraction of sp³-hybridized carbons (Fsp3) is 0.778. The molecule has 2 unspecified atom stereocenters. The maximum atomic E-state index is 5.74. The van der Waals surface area contributed by atoms with Crippen LogP contribution in [0.5, 0.6) is 0 Å². The molecule has 0 aliphatic carbocycles. The van der Waals surface area contributed by atoms with Crippen LogP contribution in [0.25, 0.3) is 0 Å². The van der Waals surface area contributed by atoms with Gasteiger partial charge in [0, 0.05) is 6.04 Å². The summed E-state index contributed by atoms with van der Waals surface area (Å²) in [5, 5.41) is 7.81. The molecule has 0 aliphatic heterocycles. The van der Waals surface area contributed by atoms with E-state index in [9.17, 15) is 0 Å². The predicted molar refractivity (Wildman–Crippen MR) is 53.7 cm³/mol. The Hall–Kier alpha value is -0.570. The summed E-state index contributed by atoms with van der Waals surface area (Å²) in [6.07, 6.45) is 2.91. The van der Waals surface area contributed by atoms with Gasteiger partial charge in [0.25, 0.3) is 0 Å². The number of alkyl halides is 1. The van der Waals surface area contributed by atoms with Crippen LogP contribution < -0.4 is 0 Å². The van der Waals surface area contributed by atoms with Crippen LogP contribution in [0, 0.1) is 5.92 Å². The van der Waals surface area contributed by atoms with E-state index in [1.54, 1.807) is 6.33 Å². The molecule has 2 atom stereocenters. The number of halogens is 1. The van der Waals surface area contributed by atoms with E-state index in [-0.39, 0.29) is 0 Å². The van der Waals surface area contributed by atoms with E-state index in [0.29, 0.717) is 17.8 Å². The predicted octanol–water partition coefficient (Wildman–Crippen LogP) is 2.62. The molecule has 4 heteroatoms. The lowest BCUT2D eigenvalue weighted by molar-refractivity contribution is 0.363. The summed E-state index contributed by atoms with van der Waals surface area (Å²) in [4.78, 5) is 0. The molecule has 0 N–H and O–H groups in total. The second-order valence-electron chi connectivity index (χ2n) is 3.41. The quantitative estimate of drug-likeness (QED) is 0.702. The van der Waals surface area contributed by atoms with Crippen molar-refractivity contribution < 1.29 is 0 Å². The van der Waals surface area contributed by atoms with Gasteiger partial charge in [0.15, 0.2) is 0 Å². The van der Waals surface area contributed by atoms with Gasteiger partial charge in [0.2, 0.25) is 0 Å². The molecule has 1 aromatic rings. The third-order valence-electron chi connectivity index (χ3n) is 2.67. The van der Waals surface area contributed by atoms with E-state index in [1.807, 2.05) is 0 Å². The number of aromatic nitrogens is 3. The van der Waals surface area contributed by atoms with Crippen LogP contribution in [0.4, 0.5) is 0 Å². The van der Waals surface area contributed by atoms with Gasteiger partial charge >= 0.3 is 0 Å². The van der Waals surface area contributed by atoms with E-state index in [4.69, 9.17) is 11.6 Å². The first-order valence-corrected chi connectivity index (χ1v) is 5.18. The molecule has 0 aliphatic rings. The largest absolute Gasteiger partial charge is 0.313 e. The normalized spacial score (nSPS) is 15.7. The molecule has 0 saturated heterocycles. The van der Waals surface area contributed by atoms with Crippen LogP contribution in [0.2, 0.25) is 0 Å². The molecule has 1 rings (SSSR count). The highest BCUT2D eigenvalue weighted by Crippen LogP contribution is 2.21. The number of hydrogen-bond donors (Lipinski definition) is 0. The highest BCUT2D eigenvalue weighted by atomic mass is 35.5. The summed E-state index contributed by atoms with van der Waals surface area (Å²) in [6, 6.07) is 0.425. The van der Waals surface area contributed by atoms with Crippen molar-refractivity contribution in [3.8, 4) is 0 Å². The van der Waals surface area contributed by atoms with Crippen LogP contribution in [0.3, 0.4) is 0 Å². The minimum Gasteiger partial charge on any atom is -0.313 e. The van der Waals surface area contributed by atoms with Gasteiger partial charge in [0.1, 0.15) is 12.2 Å². The molecule has 1 heterocycles. The standard InChI is InChI=1S/C9H16ClN3/c1-4-7(2)8(3)13-6-11-12-9(13)5-10/h6-8H,4-5H2,1-3H3. The molecule has 0 spiro atoms. The first-order chi connectivity index (χ1) is 6.20. The van der Waals surface area contributed by atoms with E-state index < -0.39 is 0 Å². The van der Waals surface area contributed by atoms with Crippen LogP contribution >= 0.6 is 11.6 Å². The van der Waals surface area contributed by atoms with E-state index in [0.717, 1.165) is 12.2 Å². The van der Waals surface area contributed by atoms with Gasteiger partial charge in [-0.3, -0.25) is 0 Å². The highest BCUT2D eigenvalue weighted by molar-refractivity contribution is 6.16. The van der Waals surface area contributed by atoms with Gasteiger partial charge in [-0.05, 0) is 12.8 Å². The van der Waals surface area contributed by atoms with Crippen molar-refractivity contribution in [1.82, 2.24) is 14.8 Å². The lowest BCUT2D eigenvalue weighted by Gasteiger charge is -2.20. The van der Waals surface area contributed by atoms with Gasteiger partial charge in [-0.25, -0.2) is 0 Å². The summed E-state index contributed by atoms with van der Waals surface area (Å²) in [6.45, 7) is 6.59. The lowest BCUT2D eigenvalue weighted by Crippen LogP contribution is -2.14. The third-order valence-corrected chi connectivity index (χ3v) is 2.91. The number of hydrogen-bond acceptors (Lipinski definition) is 2. The summed E-state index contributed by atoms with van der Waals surface area (Å²) in [7, 11) is 0. The van der Waals surface area contributed by atoms with Crippen LogP contribution in [0.1, 0.15) is 39.1 Å². The first-order valence-electron chi connectivity index (χ1n) is 4.65. The number of nitrogens with zero attached hydrogens (tertiary/aromatic N) is 3. The van der Waals surface area contributed by atoms with Crippen molar-refractivity contribution in [2.24, 2.45) is 5.92 Å². The molecule has 13 heavy (non-hydrogen) atoms. The van der Waals surface area contributed by atoms with Gasteiger partial charge in [-0.1, -0.05) is 20.3 Å². The van der Waals surface area contributed by atoms with Gasteiger partial charge < -0.3 is 4.57 Å². The van der Waals surface area contributed by atoms with E-state index >= 15 is 0 Å². The van der Waals surface area contributed by atoms with Crippen LogP contribution in [-0.4, -0.2) is 14.8 Å². The van der Waals surface area contributed by atoms with Gasteiger partial charge in [0.05, 0.1) is 5.88 Å². The maximum Gasteiger partial charge on any atom is 0.148 e. The second kappa shape index (κ2) is 4.61. The molecule has 1 aromatic heterocycles. The summed E-state index contributed by atoms with van der Waals surface area (Å²) < 4.78 is 2.06. The fourth-order valence-corrected chi connectivity index (χ4v) is 1.51. The van der Waals surface area contributed by atoms with Gasteiger partial charge in [-0.15, -0.1) is 21.8 Å². The van der Waals surface area contributed by atoms with Crippen molar-refractivity contribution in [2.75, 3.05) is 0 Å². The zero-order valence-corrected chi connectivity index (χ0v) is 9.12. The second-order valence-corrected chi connectivity index (χ2v) is 3.68. The van der Waals surface area contributed by atoms with Gasteiger partial charge in [-0.2, -0.15) is 0 Å². The molecule has 74 valence electrons.